The van der Waals surface area contributed by atoms with Crippen molar-refractivity contribution in [2.75, 3.05) is 13.1 Å². The number of ether oxygens (including phenoxy) is 1. The van der Waals surface area contributed by atoms with E-state index in [1.807, 2.05) is 66.7 Å². The lowest BCUT2D eigenvalue weighted by Gasteiger charge is -2.27. The summed E-state index contributed by atoms with van der Waals surface area (Å²) in [7, 11) is 0. The van der Waals surface area contributed by atoms with Gasteiger partial charge in [0.25, 0.3) is 0 Å². The van der Waals surface area contributed by atoms with Gasteiger partial charge in [-0.3, -0.25) is 14.7 Å². The van der Waals surface area contributed by atoms with Crippen LogP contribution in [0.25, 0.3) is 0 Å². The number of nitrogens with one attached hydrogen (secondary N) is 1. The van der Waals surface area contributed by atoms with E-state index in [4.69, 9.17) is 4.74 Å². The largest absolute Gasteiger partial charge is 0.489 e. The van der Waals surface area contributed by atoms with Gasteiger partial charge in [-0.2, -0.15) is 0 Å². The number of nitrogens with zero attached hydrogens (tertiary/aromatic N) is 2. The van der Waals surface area contributed by atoms with Crippen LogP contribution < -0.4 is 10.1 Å². The molecule has 1 aromatic heterocycles. The topological polar surface area (TPSA) is 54.5 Å². The van der Waals surface area contributed by atoms with Crippen molar-refractivity contribution in [1.82, 2.24) is 15.2 Å². The van der Waals surface area contributed by atoms with Crippen LogP contribution in [0.1, 0.15) is 35.6 Å². The van der Waals surface area contributed by atoms with Crippen LogP contribution in [-0.4, -0.2) is 28.9 Å². The third kappa shape index (κ3) is 5.24. The third-order valence-electron chi connectivity index (χ3n) is 5.39. The van der Waals surface area contributed by atoms with E-state index >= 15 is 0 Å². The predicted molar refractivity (Wildman–Crippen MR) is 117 cm³/mol. The summed E-state index contributed by atoms with van der Waals surface area (Å²) in [4.78, 5) is 19.4. The van der Waals surface area contributed by atoms with Gasteiger partial charge in [-0.15, -0.1) is 0 Å². The molecule has 2 aromatic carbocycles. The highest BCUT2D eigenvalue weighted by atomic mass is 16.5. The van der Waals surface area contributed by atoms with Crippen LogP contribution >= 0.6 is 0 Å². The van der Waals surface area contributed by atoms with E-state index in [1.165, 1.54) is 0 Å². The molecule has 0 bridgehead atoms. The van der Waals surface area contributed by atoms with Crippen LogP contribution in [0.2, 0.25) is 0 Å². The predicted octanol–water partition coefficient (Wildman–Crippen LogP) is 4.11. The Bertz CT molecular complexity index is 924. The molecule has 1 atom stereocenters. The van der Waals surface area contributed by atoms with Gasteiger partial charge in [0, 0.05) is 24.5 Å². The number of hydrogen-bond acceptors (Lipinski definition) is 4. The van der Waals surface area contributed by atoms with Crippen LogP contribution in [-0.2, 0) is 17.9 Å². The van der Waals surface area contributed by atoms with Gasteiger partial charge in [-0.1, -0.05) is 48.5 Å². The highest BCUT2D eigenvalue weighted by Crippen LogP contribution is 2.25. The summed E-state index contributed by atoms with van der Waals surface area (Å²) >= 11 is 0. The van der Waals surface area contributed by atoms with Crippen molar-refractivity contribution in [2.24, 2.45) is 0 Å². The SMILES string of the molecule is O=C(NCc1ccc(OCc2cccnc2)cc1)C(c1ccccc1)N1CCCC1. The number of likely N-dealkylation sites (tertiary alicyclic amines) is 1. The van der Waals surface area contributed by atoms with Crippen LogP contribution in [0.4, 0.5) is 0 Å². The molecule has 0 spiro atoms. The lowest BCUT2D eigenvalue weighted by molar-refractivity contribution is -0.126. The standard InChI is InChI=1S/C25H27N3O2/c29-25(24(28-15-4-5-16-28)22-8-2-1-3-9-22)27-18-20-10-12-23(13-11-20)30-19-21-7-6-14-26-17-21/h1-3,6-14,17,24H,4-5,15-16,18-19H2,(H,27,29). The second-order valence-corrected chi connectivity index (χ2v) is 7.57. The number of carbonyl (C=O) groups is 1. The monoisotopic (exact) mass is 401 g/mol. The summed E-state index contributed by atoms with van der Waals surface area (Å²) in [6.45, 7) is 2.92. The van der Waals surface area contributed by atoms with Crippen molar-refractivity contribution in [2.45, 2.75) is 32.0 Å². The Morgan fingerprint density at radius 3 is 2.43 bits per heavy atom. The van der Waals surface area contributed by atoms with Gasteiger partial charge < -0.3 is 10.1 Å². The molecule has 1 saturated heterocycles. The zero-order valence-electron chi connectivity index (χ0n) is 17.0. The quantitative estimate of drug-likeness (QED) is 0.617. The Hall–Kier alpha value is -3.18. The van der Waals surface area contributed by atoms with Crippen molar-refractivity contribution in [3.05, 3.63) is 95.8 Å². The van der Waals surface area contributed by atoms with Gasteiger partial charge in [-0.05, 0) is 55.3 Å². The molecular formula is C25H27N3O2. The molecule has 1 aliphatic rings. The molecular weight excluding hydrogens is 374 g/mol. The smallest absolute Gasteiger partial charge is 0.242 e. The van der Waals surface area contributed by atoms with Crippen molar-refractivity contribution in [3.8, 4) is 5.75 Å². The van der Waals surface area contributed by atoms with Crippen LogP contribution in [0.15, 0.2) is 79.1 Å². The van der Waals surface area contributed by atoms with Crippen LogP contribution in [0.5, 0.6) is 5.75 Å². The molecule has 0 aliphatic carbocycles. The molecule has 5 nitrogen and oxygen atoms in total. The molecule has 1 fully saturated rings. The number of benzene rings is 2. The van der Waals surface area contributed by atoms with Gasteiger partial charge in [0.05, 0.1) is 0 Å². The second kappa shape index (κ2) is 10.0. The summed E-state index contributed by atoms with van der Waals surface area (Å²) in [5, 5.41) is 3.12. The maximum absolute atomic E-state index is 13.0. The fourth-order valence-corrected chi connectivity index (χ4v) is 3.80. The first kappa shape index (κ1) is 20.1. The third-order valence-corrected chi connectivity index (χ3v) is 5.39. The van der Waals surface area contributed by atoms with Crippen molar-refractivity contribution >= 4 is 5.91 Å². The number of aromatic nitrogens is 1. The van der Waals surface area contributed by atoms with Crippen LogP contribution in [0, 0.1) is 0 Å². The van der Waals surface area contributed by atoms with Crippen molar-refractivity contribution in [1.29, 1.82) is 0 Å². The second-order valence-electron chi connectivity index (χ2n) is 7.57. The van der Waals surface area contributed by atoms with E-state index in [-0.39, 0.29) is 11.9 Å². The maximum Gasteiger partial charge on any atom is 0.242 e. The minimum atomic E-state index is -0.226. The zero-order valence-corrected chi connectivity index (χ0v) is 17.0. The van der Waals surface area contributed by atoms with Gasteiger partial charge in [0.2, 0.25) is 5.91 Å². The Morgan fingerprint density at radius 2 is 1.73 bits per heavy atom. The molecule has 4 rings (SSSR count). The molecule has 154 valence electrons. The van der Waals surface area contributed by atoms with E-state index in [0.717, 1.165) is 48.4 Å². The van der Waals surface area contributed by atoms with E-state index < -0.39 is 0 Å². The Morgan fingerprint density at radius 1 is 0.967 bits per heavy atom. The van der Waals surface area contributed by atoms with Crippen LogP contribution in [0.3, 0.4) is 0 Å². The lowest BCUT2D eigenvalue weighted by Crippen LogP contribution is -2.39. The molecule has 3 aromatic rings. The minimum Gasteiger partial charge on any atom is -0.489 e. The molecule has 30 heavy (non-hydrogen) atoms. The average Bonchev–Trinajstić information content (AvgIpc) is 3.33. The Kier molecular flexibility index (Phi) is 6.72. The fourth-order valence-electron chi connectivity index (χ4n) is 3.80. The molecule has 1 unspecified atom stereocenters. The maximum atomic E-state index is 13.0. The average molecular weight is 402 g/mol. The minimum absolute atomic E-state index is 0.0556. The van der Waals surface area contributed by atoms with Gasteiger partial charge >= 0.3 is 0 Å². The Labute approximate surface area is 177 Å². The summed E-state index contributed by atoms with van der Waals surface area (Å²) in [5.74, 6) is 0.855. The molecule has 1 aliphatic heterocycles. The lowest BCUT2D eigenvalue weighted by atomic mass is 10.0. The first-order valence-corrected chi connectivity index (χ1v) is 10.5. The number of rotatable bonds is 8. The summed E-state index contributed by atoms with van der Waals surface area (Å²) in [6.07, 6.45) is 5.85. The van der Waals surface area contributed by atoms with E-state index in [1.54, 1.807) is 12.4 Å². The van der Waals surface area contributed by atoms with Gasteiger partial charge in [-0.25, -0.2) is 0 Å². The first-order chi connectivity index (χ1) is 14.8. The summed E-state index contributed by atoms with van der Waals surface area (Å²) in [6, 6.07) is 21.6. The van der Waals surface area contributed by atoms with E-state index in [2.05, 4.69) is 15.2 Å². The summed E-state index contributed by atoms with van der Waals surface area (Å²) in [5.41, 5.74) is 3.13. The number of pyridine rings is 1. The van der Waals surface area contributed by atoms with E-state index in [0.29, 0.717) is 13.2 Å². The number of amides is 1. The van der Waals surface area contributed by atoms with Gasteiger partial charge in [0.15, 0.2) is 0 Å². The number of carbonyl (C=O) groups excluding carboxylic acids is 1. The summed E-state index contributed by atoms with van der Waals surface area (Å²) < 4.78 is 5.80. The Balaban J connectivity index is 1.34. The highest BCUT2D eigenvalue weighted by Gasteiger charge is 2.29. The molecule has 0 saturated carbocycles. The fraction of sp³-hybridized carbons (Fsp3) is 0.280. The highest BCUT2D eigenvalue weighted by molar-refractivity contribution is 5.83. The molecule has 5 heteroatoms. The zero-order chi connectivity index (χ0) is 20.6. The van der Waals surface area contributed by atoms with Crippen molar-refractivity contribution < 1.29 is 9.53 Å². The van der Waals surface area contributed by atoms with Crippen molar-refractivity contribution in [3.63, 3.8) is 0 Å². The molecule has 2 heterocycles. The normalized spacial score (nSPS) is 14.9. The van der Waals surface area contributed by atoms with Gasteiger partial charge in [0.1, 0.15) is 18.4 Å². The molecule has 1 amide bonds. The molecule has 1 N–H and O–H groups in total. The molecule has 0 radical (unpaired) electrons. The first-order valence-electron chi connectivity index (χ1n) is 10.5. The van der Waals surface area contributed by atoms with E-state index in [9.17, 15) is 4.79 Å². The number of hydrogen-bond donors (Lipinski definition) is 1.